The van der Waals surface area contributed by atoms with Crippen molar-refractivity contribution >= 4 is 12.2 Å². The normalized spacial score (nSPS) is 10.7. The molecule has 0 spiro atoms. The van der Waals surface area contributed by atoms with E-state index in [4.69, 9.17) is 17.0 Å². The zero-order valence-electron chi connectivity index (χ0n) is 16.0. The van der Waals surface area contributed by atoms with Crippen molar-refractivity contribution in [1.29, 1.82) is 0 Å². The van der Waals surface area contributed by atoms with Crippen molar-refractivity contribution in [2.75, 3.05) is 5.43 Å². The third-order valence-corrected chi connectivity index (χ3v) is 4.80. The fourth-order valence-corrected chi connectivity index (χ4v) is 3.14. The molecule has 0 unspecified atom stereocenters. The molecule has 146 valence electrons. The molecule has 0 bridgehead atoms. The molecule has 0 saturated carbocycles. The number of para-hydroxylation sites is 1. The molecule has 0 fully saturated rings. The molecular weight excluding hydrogens is 382 g/mol. The van der Waals surface area contributed by atoms with Crippen molar-refractivity contribution in [3.63, 3.8) is 0 Å². The van der Waals surface area contributed by atoms with Gasteiger partial charge in [0.05, 0.1) is 6.54 Å². The molecule has 29 heavy (non-hydrogen) atoms. The zero-order valence-corrected chi connectivity index (χ0v) is 16.8. The summed E-state index contributed by atoms with van der Waals surface area (Å²) in [4.78, 5) is 4.05. The van der Waals surface area contributed by atoms with Gasteiger partial charge in [0.1, 0.15) is 12.4 Å². The highest BCUT2D eigenvalue weighted by Crippen LogP contribution is 2.21. The van der Waals surface area contributed by atoms with E-state index in [9.17, 15) is 0 Å². The Labute approximate surface area is 174 Å². The lowest BCUT2D eigenvalue weighted by atomic mass is 10.1. The van der Waals surface area contributed by atoms with Gasteiger partial charge in [-0.15, -0.1) is 0 Å². The van der Waals surface area contributed by atoms with Crippen molar-refractivity contribution in [3.8, 4) is 17.1 Å². The van der Waals surface area contributed by atoms with Crippen LogP contribution in [0.5, 0.6) is 5.75 Å². The molecule has 2 heterocycles. The third-order valence-electron chi connectivity index (χ3n) is 4.53. The van der Waals surface area contributed by atoms with E-state index < -0.39 is 0 Å². The van der Waals surface area contributed by atoms with Crippen LogP contribution >= 0.6 is 12.2 Å². The number of aryl methyl sites for hydroxylation is 1. The van der Waals surface area contributed by atoms with Crippen LogP contribution in [0.4, 0.5) is 0 Å². The molecular formula is C22H21N5OS. The number of aromatic nitrogens is 4. The first kappa shape index (κ1) is 18.9. The highest BCUT2D eigenvalue weighted by molar-refractivity contribution is 7.71. The van der Waals surface area contributed by atoms with E-state index in [0.29, 0.717) is 23.7 Å². The summed E-state index contributed by atoms with van der Waals surface area (Å²) in [5, 5.41) is 7.17. The van der Waals surface area contributed by atoms with Crippen molar-refractivity contribution in [3.05, 3.63) is 94.5 Å². The number of benzene rings is 2. The molecule has 0 radical (unpaired) electrons. The smallest absolute Gasteiger partial charge is 0.214 e. The van der Waals surface area contributed by atoms with E-state index >= 15 is 0 Å². The predicted octanol–water partition coefficient (Wildman–Crippen LogP) is 4.63. The molecule has 4 aromatic rings. The molecule has 4 rings (SSSR count). The molecule has 0 saturated heterocycles. The van der Waals surface area contributed by atoms with E-state index in [1.807, 2.05) is 36.4 Å². The maximum atomic E-state index is 6.07. The first-order valence-corrected chi connectivity index (χ1v) is 9.69. The van der Waals surface area contributed by atoms with Gasteiger partial charge in [-0.3, -0.25) is 4.98 Å². The highest BCUT2D eigenvalue weighted by Gasteiger charge is 2.10. The number of pyridine rings is 1. The van der Waals surface area contributed by atoms with Crippen molar-refractivity contribution in [1.82, 2.24) is 19.9 Å². The third kappa shape index (κ3) is 4.52. The lowest BCUT2D eigenvalue weighted by molar-refractivity contribution is 0.303. The number of nitrogens with zero attached hydrogens (tertiary/aromatic N) is 3. The minimum atomic E-state index is 0.495. The topological polar surface area (TPSA) is 67.8 Å². The first-order chi connectivity index (χ1) is 14.2. The molecule has 7 heteroatoms. The Kier molecular flexibility index (Phi) is 5.67. The quantitative estimate of drug-likeness (QED) is 0.440. The molecule has 0 aliphatic rings. The van der Waals surface area contributed by atoms with Gasteiger partial charge in [-0.05, 0) is 42.9 Å². The molecule has 0 aliphatic heterocycles. The second-order valence-electron chi connectivity index (χ2n) is 6.64. The van der Waals surface area contributed by atoms with Crippen LogP contribution in [0.2, 0.25) is 0 Å². The molecule has 2 aromatic heterocycles. The maximum Gasteiger partial charge on any atom is 0.214 e. The molecule has 0 amide bonds. The van der Waals surface area contributed by atoms with Gasteiger partial charge in [0.25, 0.3) is 0 Å². The minimum absolute atomic E-state index is 0.495. The summed E-state index contributed by atoms with van der Waals surface area (Å²) >= 11 is 5.38. The van der Waals surface area contributed by atoms with E-state index in [2.05, 4.69) is 51.8 Å². The summed E-state index contributed by atoms with van der Waals surface area (Å²) in [5.41, 5.74) is 7.66. The molecule has 0 atom stereocenters. The van der Waals surface area contributed by atoms with Gasteiger partial charge >= 0.3 is 0 Å². The number of hydrogen-bond acceptors (Lipinski definition) is 5. The van der Waals surface area contributed by atoms with Crippen LogP contribution in [0.25, 0.3) is 11.4 Å². The van der Waals surface area contributed by atoms with Crippen LogP contribution in [-0.4, -0.2) is 19.9 Å². The van der Waals surface area contributed by atoms with Crippen LogP contribution in [0.3, 0.4) is 0 Å². The number of hydrogen-bond donors (Lipinski definition) is 2. The molecule has 6 nitrogen and oxygen atoms in total. The van der Waals surface area contributed by atoms with Gasteiger partial charge in [-0.25, -0.2) is 9.77 Å². The van der Waals surface area contributed by atoms with Gasteiger partial charge in [-0.2, -0.15) is 5.10 Å². The molecule has 2 aromatic carbocycles. The maximum absolute atomic E-state index is 6.07. The number of ether oxygens (including phenoxy) is 1. The first-order valence-electron chi connectivity index (χ1n) is 9.28. The standard InChI is InChI=1S/C22H21N5OS/c1-16-6-8-17(9-7-16)15-28-20-5-3-2-4-19(20)14-24-27-21(25-26-22(27)29)18-10-12-23-13-11-18/h2-13,24H,14-15H2,1H3,(H,26,29). The van der Waals surface area contributed by atoms with Crippen LogP contribution < -0.4 is 10.2 Å². The van der Waals surface area contributed by atoms with E-state index in [1.165, 1.54) is 5.56 Å². The summed E-state index contributed by atoms with van der Waals surface area (Å²) in [7, 11) is 0. The van der Waals surface area contributed by atoms with E-state index in [-0.39, 0.29) is 0 Å². The lowest BCUT2D eigenvalue weighted by Gasteiger charge is -2.14. The van der Waals surface area contributed by atoms with Crippen molar-refractivity contribution in [2.45, 2.75) is 20.1 Å². The number of H-pyrrole nitrogens is 1. The van der Waals surface area contributed by atoms with Gasteiger partial charge < -0.3 is 10.2 Å². The van der Waals surface area contributed by atoms with Crippen molar-refractivity contribution < 1.29 is 4.74 Å². The predicted molar refractivity (Wildman–Crippen MR) is 116 cm³/mol. The van der Waals surface area contributed by atoms with Crippen LogP contribution in [0.15, 0.2) is 73.1 Å². The van der Waals surface area contributed by atoms with Crippen LogP contribution in [0, 0.1) is 11.7 Å². The Morgan fingerprint density at radius 2 is 1.79 bits per heavy atom. The lowest BCUT2D eigenvalue weighted by Crippen LogP contribution is -2.16. The summed E-state index contributed by atoms with van der Waals surface area (Å²) in [6, 6.07) is 20.1. The van der Waals surface area contributed by atoms with Gasteiger partial charge in [0.15, 0.2) is 5.82 Å². The van der Waals surface area contributed by atoms with E-state index in [0.717, 1.165) is 22.4 Å². The second kappa shape index (κ2) is 8.70. The van der Waals surface area contributed by atoms with Crippen LogP contribution in [-0.2, 0) is 13.2 Å². The van der Waals surface area contributed by atoms with Gasteiger partial charge in [0, 0.05) is 23.5 Å². The Morgan fingerprint density at radius 3 is 2.59 bits per heavy atom. The largest absolute Gasteiger partial charge is 0.489 e. The SMILES string of the molecule is Cc1ccc(COc2ccccc2CNn2c(-c3ccncc3)n[nH]c2=S)cc1. The average molecular weight is 404 g/mol. The zero-order chi connectivity index (χ0) is 20.1. The highest BCUT2D eigenvalue weighted by atomic mass is 32.1. The number of nitrogens with one attached hydrogen (secondary N) is 2. The molecule has 2 N–H and O–H groups in total. The summed E-state index contributed by atoms with van der Waals surface area (Å²) < 4.78 is 8.33. The number of aromatic amines is 1. The minimum Gasteiger partial charge on any atom is -0.489 e. The Bertz CT molecular complexity index is 1140. The Balaban J connectivity index is 1.49. The molecule has 0 aliphatic carbocycles. The Morgan fingerprint density at radius 1 is 1.03 bits per heavy atom. The fraction of sp³-hybridized carbons (Fsp3) is 0.136. The average Bonchev–Trinajstić information content (AvgIpc) is 3.13. The monoisotopic (exact) mass is 403 g/mol. The van der Waals surface area contributed by atoms with Crippen molar-refractivity contribution in [2.24, 2.45) is 0 Å². The fourth-order valence-electron chi connectivity index (χ4n) is 2.94. The van der Waals surface area contributed by atoms with Gasteiger partial charge in [0.2, 0.25) is 4.77 Å². The second-order valence-corrected chi connectivity index (χ2v) is 7.03. The van der Waals surface area contributed by atoms with Gasteiger partial charge in [-0.1, -0.05) is 48.0 Å². The van der Waals surface area contributed by atoms with E-state index in [1.54, 1.807) is 17.1 Å². The Hall–Kier alpha value is -3.45. The number of rotatable bonds is 7. The summed E-state index contributed by atoms with van der Waals surface area (Å²) in [6.45, 7) is 3.13. The summed E-state index contributed by atoms with van der Waals surface area (Å²) in [6.07, 6.45) is 3.46. The summed E-state index contributed by atoms with van der Waals surface area (Å²) in [5.74, 6) is 1.54. The van der Waals surface area contributed by atoms with Crippen LogP contribution in [0.1, 0.15) is 16.7 Å².